The molecule has 0 aliphatic heterocycles. The molecular formula is C18H23NO2. The molecule has 3 rings (SSSR count). The van der Waals surface area contributed by atoms with Gasteiger partial charge < -0.3 is 15.5 Å². The number of rotatable bonds is 4. The zero-order valence-corrected chi connectivity index (χ0v) is 12.3. The fourth-order valence-corrected chi connectivity index (χ4v) is 3.32. The summed E-state index contributed by atoms with van der Waals surface area (Å²) < 4.78 is 0. The topological polar surface area (TPSA) is 52.5 Å². The highest BCUT2D eigenvalue weighted by molar-refractivity contribution is 5.87. The van der Waals surface area contributed by atoms with Crippen LogP contribution >= 0.6 is 0 Å². The van der Waals surface area contributed by atoms with Crippen molar-refractivity contribution in [3.63, 3.8) is 0 Å². The molecule has 3 N–H and O–H groups in total. The Labute approximate surface area is 125 Å². The maximum atomic E-state index is 10.1. The molecule has 21 heavy (non-hydrogen) atoms. The van der Waals surface area contributed by atoms with Crippen molar-refractivity contribution >= 4 is 10.8 Å². The molecule has 2 aromatic carbocycles. The summed E-state index contributed by atoms with van der Waals surface area (Å²) in [7, 11) is 0. The average Bonchev–Trinajstić information content (AvgIpc) is 2.51. The van der Waals surface area contributed by atoms with Crippen molar-refractivity contribution < 1.29 is 10.2 Å². The Morgan fingerprint density at radius 2 is 1.86 bits per heavy atom. The summed E-state index contributed by atoms with van der Waals surface area (Å²) in [6, 6.07) is 11.8. The van der Waals surface area contributed by atoms with Crippen LogP contribution in [0.1, 0.15) is 31.2 Å². The van der Waals surface area contributed by atoms with Crippen LogP contribution in [0.15, 0.2) is 36.4 Å². The lowest BCUT2D eigenvalue weighted by Crippen LogP contribution is -2.33. The van der Waals surface area contributed by atoms with Crippen molar-refractivity contribution in [2.45, 2.75) is 38.3 Å². The van der Waals surface area contributed by atoms with Crippen molar-refractivity contribution in [2.75, 3.05) is 6.54 Å². The minimum Gasteiger partial charge on any atom is -0.508 e. The number of benzene rings is 2. The summed E-state index contributed by atoms with van der Waals surface area (Å²) in [5, 5.41) is 25.8. The fourth-order valence-electron chi connectivity index (χ4n) is 3.32. The van der Waals surface area contributed by atoms with E-state index in [4.69, 9.17) is 0 Å². The lowest BCUT2D eigenvalue weighted by atomic mass is 9.86. The first-order chi connectivity index (χ1) is 10.3. The van der Waals surface area contributed by atoms with Crippen molar-refractivity contribution in [3.8, 4) is 5.75 Å². The van der Waals surface area contributed by atoms with Gasteiger partial charge in [-0.1, -0.05) is 43.2 Å². The number of nitrogens with one attached hydrogen (secondary N) is 1. The molecule has 112 valence electrons. The maximum absolute atomic E-state index is 10.1. The lowest BCUT2D eigenvalue weighted by Gasteiger charge is -2.27. The van der Waals surface area contributed by atoms with Crippen LogP contribution in [0, 0.1) is 5.92 Å². The van der Waals surface area contributed by atoms with Gasteiger partial charge in [0.05, 0.1) is 6.10 Å². The van der Waals surface area contributed by atoms with E-state index in [1.54, 1.807) is 6.07 Å². The van der Waals surface area contributed by atoms with Gasteiger partial charge in [-0.3, -0.25) is 0 Å². The molecule has 1 fully saturated rings. The third kappa shape index (κ3) is 3.20. The summed E-state index contributed by atoms with van der Waals surface area (Å²) in [6.45, 7) is 1.44. The summed E-state index contributed by atoms with van der Waals surface area (Å²) in [5.74, 6) is 0.682. The van der Waals surface area contributed by atoms with E-state index < -0.39 is 0 Å². The SMILES string of the molecule is Oc1ccc2ccccc2c1CNCC1CCCCC1O. The van der Waals surface area contributed by atoms with Crippen molar-refractivity contribution in [3.05, 3.63) is 42.0 Å². The second-order valence-corrected chi connectivity index (χ2v) is 6.03. The molecule has 1 aliphatic rings. The van der Waals surface area contributed by atoms with Gasteiger partial charge in [-0.25, -0.2) is 0 Å². The minimum absolute atomic E-state index is 0.174. The van der Waals surface area contributed by atoms with E-state index in [1.165, 1.54) is 6.42 Å². The minimum atomic E-state index is -0.174. The quantitative estimate of drug-likeness (QED) is 0.808. The Morgan fingerprint density at radius 3 is 2.71 bits per heavy atom. The second kappa shape index (κ2) is 6.46. The molecule has 3 heteroatoms. The van der Waals surface area contributed by atoms with Gasteiger partial charge >= 0.3 is 0 Å². The van der Waals surface area contributed by atoms with Gasteiger partial charge in [0.15, 0.2) is 0 Å². The number of fused-ring (bicyclic) bond motifs is 1. The van der Waals surface area contributed by atoms with E-state index in [2.05, 4.69) is 11.4 Å². The molecule has 0 radical (unpaired) electrons. The van der Waals surface area contributed by atoms with Crippen molar-refractivity contribution in [1.82, 2.24) is 5.32 Å². The molecule has 0 heterocycles. The molecule has 0 bridgehead atoms. The number of hydrogen-bond acceptors (Lipinski definition) is 3. The Bertz CT molecular complexity index is 611. The Morgan fingerprint density at radius 1 is 1.05 bits per heavy atom. The van der Waals surface area contributed by atoms with Crippen molar-refractivity contribution in [1.29, 1.82) is 0 Å². The molecule has 0 spiro atoms. The molecular weight excluding hydrogens is 262 g/mol. The maximum Gasteiger partial charge on any atom is 0.120 e. The molecule has 0 aromatic heterocycles. The number of aliphatic hydroxyl groups is 1. The van der Waals surface area contributed by atoms with E-state index in [9.17, 15) is 10.2 Å². The molecule has 2 aromatic rings. The summed E-state index contributed by atoms with van der Waals surface area (Å²) >= 11 is 0. The monoisotopic (exact) mass is 285 g/mol. The molecule has 0 amide bonds. The van der Waals surface area contributed by atoms with Crippen LogP contribution in [0.5, 0.6) is 5.75 Å². The number of phenolic OH excluding ortho intramolecular Hbond substituents is 1. The Kier molecular flexibility index (Phi) is 4.42. The smallest absolute Gasteiger partial charge is 0.120 e. The van der Waals surface area contributed by atoms with Gasteiger partial charge in [0.1, 0.15) is 5.75 Å². The van der Waals surface area contributed by atoms with Crippen LogP contribution in [0.25, 0.3) is 10.8 Å². The van der Waals surface area contributed by atoms with Crippen LogP contribution < -0.4 is 5.32 Å². The van der Waals surface area contributed by atoms with E-state index in [0.29, 0.717) is 18.2 Å². The molecule has 1 aliphatic carbocycles. The average molecular weight is 285 g/mol. The first-order valence-corrected chi connectivity index (χ1v) is 7.84. The van der Waals surface area contributed by atoms with Gasteiger partial charge in [0.25, 0.3) is 0 Å². The first kappa shape index (κ1) is 14.4. The Hall–Kier alpha value is -1.58. The summed E-state index contributed by atoms with van der Waals surface area (Å²) in [5.41, 5.74) is 0.943. The molecule has 3 nitrogen and oxygen atoms in total. The number of aromatic hydroxyl groups is 1. The van der Waals surface area contributed by atoms with E-state index in [1.807, 2.05) is 24.3 Å². The van der Waals surface area contributed by atoms with Crippen LogP contribution in [-0.4, -0.2) is 22.9 Å². The lowest BCUT2D eigenvalue weighted by molar-refractivity contribution is 0.0695. The van der Waals surface area contributed by atoms with Gasteiger partial charge in [0, 0.05) is 18.7 Å². The molecule has 1 saturated carbocycles. The summed E-state index contributed by atoms with van der Waals surface area (Å²) in [4.78, 5) is 0. The first-order valence-electron chi connectivity index (χ1n) is 7.84. The van der Waals surface area contributed by atoms with Crippen LogP contribution in [-0.2, 0) is 6.54 Å². The number of phenols is 1. The normalized spacial score (nSPS) is 22.5. The van der Waals surface area contributed by atoms with Gasteiger partial charge in [-0.2, -0.15) is 0 Å². The van der Waals surface area contributed by atoms with Gasteiger partial charge in [-0.05, 0) is 35.6 Å². The Balaban J connectivity index is 1.69. The van der Waals surface area contributed by atoms with Gasteiger partial charge in [-0.15, -0.1) is 0 Å². The van der Waals surface area contributed by atoms with Crippen LogP contribution in [0.2, 0.25) is 0 Å². The van der Waals surface area contributed by atoms with E-state index >= 15 is 0 Å². The van der Waals surface area contributed by atoms with E-state index in [0.717, 1.165) is 42.1 Å². The number of hydrogen-bond donors (Lipinski definition) is 3. The number of aliphatic hydroxyl groups excluding tert-OH is 1. The van der Waals surface area contributed by atoms with Gasteiger partial charge in [0.2, 0.25) is 0 Å². The van der Waals surface area contributed by atoms with Crippen LogP contribution in [0.4, 0.5) is 0 Å². The standard InChI is InChI=1S/C18H23NO2/c20-17-8-4-2-6-14(17)11-19-12-16-15-7-3-1-5-13(15)9-10-18(16)21/h1,3,5,7,9-10,14,17,19-21H,2,4,6,8,11-12H2. The second-order valence-electron chi connectivity index (χ2n) is 6.03. The highest BCUT2D eigenvalue weighted by atomic mass is 16.3. The highest BCUT2D eigenvalue weighted by Gasteiger charge is 2.22. The fraction of sp³-hybridized carbons (Fsp3) is 0.444. The van der Waals surface area contributed by atoms with Crippen LogP contribution in [0.3, 0.4) is 0 Å². The highest BCUT2D eigenvalue weighted by Crippen LogP contribution is 2.27. The third-order valence-corrected chi connectivity index (χ3v) is 4.59. The molecule has 2 unspecified atom stereocenters. The van der Waals surface area contributed by atoms with Crippen molar-refractivity contribution in [2.24, 2.45) is 5.92 Å². The zero-order chi connectivity index (χ0) is 14.7. The molecule has 2 atom stereocenters. The predicted molar refractivity (Wildman–Crippen MR) is 85.3 cm³/mol. The predicted octanol–water partition coefficient (Wildman–Crippen LogP) is 3.19. The zero-order valence-electron chi connectivity index (χ0n) is 12.3. The third-order valence-electron chi connectivity index (χ3n) is 4.59. The molecule has 0 saturated heterocycles. The summed E-state index contributed by atoms with van der Waals surface area (Å²) in [6.07, 6.45) is 4.19. The van der Waals surface area contributed by atoms with E-state index in [-0.39, 0.29) is 6.10 Å². The largest absolute Gasteiger partial charge is 0.508 e.